The van der Waals surface area contributed by atoms with Gasteiger partial charge in [-0.1, -0.05) is 13.0 Å². The highest BCUT2D eigenvalue weighted by Crippen LogP contribution is 2.20. The number of methoxy groups -OCH3 is 1. The summed E-state index contributed by atoms with van der Waals surface area (Å²) < 4.78 is 17.7. The maximum Gasteiger partial charge on any atom is 0.408 e. The van der Waals surface area contributed by atoms with Crippen molar-refractivity contribution in [3.05, 3.63) is 12.2 Å². The standard InChI is InChI=1S/C13H19FN2O5/c1-3-9(4-5-11(17)21-2)15-12(18)10-6-8(14)7-16(10)13(19)20/h4-5,8-10H,3,6-7H2,1-2H3,(H,15,18)(H,19,20)/t8-,9-,10-/m0/s1. The highest BCUT2D eigenvalue weighted by Gasteiger charge is 2.40. The van der Waals surface area contributed by atoms with Gasteiger partial charge in [0.05, 0.1) is 13.7 Å². The molecule has 1 heterocycles. The van der Waals surface area contributed by atoms with Gasteiger partial charge in [0.1, 0.15) is 12.2 Å². The minimum absolute atomic E-state index is 0.157. The van der Waals surface area contributed by atoms with Crippen LogP contribution >= 0.6 is 0 Å². The zero-order valence-electron chi connectivity index (χ0n) is 11.9. The first-order chi connectivity index (χ1) is 9.88. The van der Waals surface area contributed by atoms with Crippen LogP contribution in [-0.4, -0.2) is 59.9 Å². The number of hydrogen-bond donors (Lipinski definition) is 2. The molecule has 2 N–H and O–H groups in total. The van der Waals surface area contributed by atoms with E-state index in [-0.39, 0.29) is 13.0 Å². The zero-order valence-corrected chi connectivity index (χ0v) is 11.9. The van der Waals surface area contributed by atoms with Gasteiger partial charge in [0, 0.05) is 18.5 Å². The Morgan fingerprint density at radius 3 is 2.71 bits per heavy atom. The number of alkyl halides is 1. The fourth-order valence-electron chi connectivity index (χ4n) is 2.07. The lowest BCUT2D eigenvalue weighted by atomic mass is 10.1. The number of nitrogens with zero attached hydrogens (tertiary/aromatic N) is 1. The molecular weight excluding hydrogens is 283 g/mol. The van der Waals surface area contributed by atoms with Crippen molar-refractivity contribution in [2.75, 3.05) is 13.7 Å². The second-order valence-corrected chi connectivity index (χ2v) is 4.69. The predicted octanol–water partition coefficient (Wildman–Crippen LogP) is 0.701. The molecular formula is C13H19FN2O5. The molecule has 2 amide bonds. The molecule has 0 radical (unpaired) electrons. The fraction of sp³-hybridized carbons (Fsp3) is 0.615. The van der Waals surface area contributed by atoms with Crippen LogP contribution in [0.2, 0.25) is 0 Å². The van der Waals surface area contributed by atoms with Crippen LogP contribution in [0.1, 0.15) is 19.8 Å². The molecule has 8 heteroatoms. The van der Waals surface area contributed by atoms with Gasteiger partial charge in [0.2, 0.25) is 5.91 Å². The van der Waals surface area contributed by atoms with E-state index in [2.05, 4.69) is 10.1 Å². The highest BCUT2D eigenvalue weighted by atomic mass is 19.1. The fourth-order valence-corrected chi connectivity index (χ4v) is 2.07. The van der Waals surface area contributed by atoms with E-state index in [9.17, 15) is 18.8 Å². The van der Waals surface area contributed by atoms with Gasteiger partial charge in [-0.25, -0.2) is 14.0 Å². The molecule has 21 heavy (non-hydrogen) atoms. The number of amides is 2. The van der Waals surface area contributed by atoms with E-state index in [4.69, 9.17) is 5.11 Å². The Hall–Kier alpha value is -2.12. The van der Waals surface area contributed by atoms with Crippen LogP contribution in [-0.2, 0) is 14.3 Å². The van der Waals surface area contributed by atoms with Crippen molar-refractivity contribution in [3.63, 3.8) is 0 Å². The van der Waals surface area contributed by atoms with Crippen LogP contribution in [0, 0.1) is 0 Å². The molecule has 0 aromatic heterocycles. The lowest BCUT2D eigenvalue weighted by Gasteiger charge is -2.22. The van der Waals surface area contributed by atoms with E-state index >= 15 is 0 Å². The van der Waals surface area contributed by atoms with Crippen molar-refractivity contribution in [3.8, 4) is 0 Å². The number of carbonyl (C=O) groups is 3. The Bertz CT molecular complexity index is 440. The Morgan fingerprint density at radius 2 is 2.19 bits per heavy atom. The number of ether oxygens (including phenoxy) is 1. The molecule has 1 saturated heterocycles. The van der Waals surface area contributed by atoms with Gasteiger partial charge in [-0.15, -0.1) is 0 Å². The average molecular weight is 302 g/mol. The molecule has 0 aromatic rings. The van der Waals surface area contributed by atoms with Gasteiger partial charge < -0.3 is 15.2 Å². The number of halogens is 1. The van der Waals surface area contributed by atoms with E-state index in [1.54, 1.807) is 6.92 Å². The number of likely N-dealkylation sites (tertiary alicyclic amines) is 1. The maximum atomic E-state index is 13.3. The number of hydrogen-bond acceptors (Lipinski definition) is 4. The molecule has 0 aromatic carbocycles. The Kier molecular flexibility index (Phi) is 6.13. The molecule has 3 atom stereocenters. The second kappa shape index (κ2) is 7.61. The second-order valence-electron chi connectivity index (χ2n) is 4.69. The normalized spacial score (nSPS) is 23.1. The van der Waals surface area contributed by atoms with Crippen molar-refractivity contribution >= 4 is 18.0 Å². The van der Waals surface area contributed by atoms with Crippen LogP contribution in [0.4, 0.5) is 9.18 Å². The third-order valence-corrected chi connectivity index (χ3v) is 3.23. The molecule has 1 rings (SSSR count). The number of esters is 1. The summed E-state index contributed by atoms with van der Waals surface area (Å²) in [5.41, 5.74) is 0. The first-order valence-corrected chi connectivity index (χ1v) is 6.59. The van der Waals surface area contributed by atoms with Crippen LogP contribution in [0.5, 0.6) is 0 Å². The number of rotatable bonds is 5. The van der Waals surface area contributed by atoms with Gasteiger partial charge in [0.25, 0.3) is 0 Å². The molecule has 1 aliphatic heterocycles. The van der Waals surface area contributed by atoms with Gasteiger partial charge in [-0.2, -0.15) is 0 Å². The average Bonchev–Trinajstić information content (AvgIpc) is 2.85. The van der Waals surface area contributed by atoms with Gasteiger partial charge in [-0.05, 0) is 6.42 Å². The summed E-state index contributed by atoms with van der Waals surface area (Å²) in [5, 5.41) is 11.5. The van der Waals surface area contributed by atoms with Gasteiger partial charge >= 0.3 is 12.1 Å². The molecule has 1 fully saturated rings. The maximum absolute atomic E-state index is 13.3. The van der Waals surface area contributed by atoms with Crippen molar-refractivity contribution in [2.45, 2.75) is 38.0 Å². The summed E-state index contributed by atoms with van der Waals surface area (Å²) in [6, 6.07) is -1.50. The SMILES string of the molecule is CC[C@@H](C=CC(=O)OC)NC(=O)[C@@H]1C[C@H](F)CN1C(=O)O. The molecule has 118 valence electrons. The van der Waals surface area contributed by atoms with Crippen molar-refractivity contribution in [2.24, 2.45) is 0 Å². The van der Waals surface area contributed by atoms with Crippen LogP contribution in [0.15, 0.2) is 12.2 Å². The minimum Gasteiger partial charge on any atom is -0.466 e. The minimum atomic E-state index is -1.34. The molecule has 0 unspecified atom stereocenters. The zero-order chi connectivity index (χ0) is 16.0. The van der Waals surface area contributed by atoms with E-state index < -0.39 is 36.2 Å². The Morgan fingerprint density at radius 1 is 1.52 bits per heavy atom. The molecule has 0 saturated carbocycles. The topological polar surface area (TPSA) is 95.9 Å². The summed E-state index contributed by atoms with van der Waals surface area (Å²) in [5.74, 6) is -1.13. The van der Waals surface area contributed by atoms with Gasteiger partial charge in [0.15, 0.2) is 0 Å². The van der Waals surface area contributed by atoms with Gasteiger partial charge in [-0.3, -0.25) is 9.69 Å². The number of carbonyl (C=O) groups excluding carboxylic acids is 2. The van der Waals surface area contributed by atoms with Crippen LogP contribution < -0.4 is 5.32 Å². The molecule has 0 aliphatic carbocycles. The van der Waals surface area contributed by atoms with Crippen molar-refractivity contribution < 1.29 is 28.6 Å². The summed E-state index contributed by atoms with van der Waals surface area (Å²) in [6.07, 6.45) is 0.302. The van der Waals surface area contributed by atoms with E-state index in [0.717, 1.165) is 4.90 Å². The summed E-state index contributed by atoms with van der Waals surface area (Å²) in [7, 11) is 1.23. The number of carboxylic acid groups (broad SMARTS) is 1. The third kappa shape index (κ3) is 4.73. The smallest absolute Gasteiger partial charge is 0.408 e. The molecule has 0 bridgehead atoms. The quantitative estimate of drug-likeness (QED) is 0.576. The van der Waals surface area contributed by atoms with E-state index in [1.165, 1.54) is 19.3 Å². The van der Waals surface area contributed by atoms with Crippen LogP contribution in [0.25, 0.3) is 0 Å². The summed E-state index contributed by atoms with van der Waals surface area (Å²) >= 11 is 0. The van der Waals surface area contributed by atoms with E-state index in [1.807, 2.05) is 0 Å². The first kappa shape index (κ1) is 16.9. The molecule has 0 spiro atoms. The third-order valence-electron chi connectivity index (χ3n) is 3.23. The van der Waals surface area contributed by atoms with E-state index in [0.29, 0.717) is 6.42 Å². The summed E-state index contributed by atoms with van der Waals surface area (Å²) in [6.45, 7) is 1.48. The monoisotopic (exact) mass is 302 g/mol. The first-order valence-electron chi connectivity index (χ1n) is 6.59. The predicted molar refractivity (Wildman–Crippen MR) is 71.4 cm³/mol. The molecule has 1 aliphatic rings. The Labute approximate surface area is 121 Å². The Balaban J connectivity index is 2.67. The van der Waals surface area contributed by atoms with Crippen molar-refractivity contribution in [1.82, 2.24) is 10.2 Å². The van der Waals surface area contributed by atoms with Crippen molar-refractivity contribution in [1.29, 1.82) is 0 Å². The largest absolute Gasteiger partial charge is 0.466 e. The number of nitrogens with one attached hydrogen (secondary N) is 1. The lowest BCUT2D eigenvalue weighted by molar-refractivity contribution is -0.135. The van der Waals surface area contributed by atoms with Crippen LogP contribution in [0.3, 0.4) is 0 Å². The molecule has 7 nitrogen and oxygen atoms in total. The highest BCUT2D eigenvalue weighted by molar-refractivity contribution is 5.86. The summed E-state index contributed by atoms with van der Waals surface area (Å²) in [4.78, 5) is 34.8. The lowest BCUT2D eigenvalue weighted by Crippen LogP contribution is -2.48.